The van der Waals surface area contributed by atoms with Crippen molar-refractivity contribution in [3.05, 3.63) is 54.1 Å². The van der Waals surface area contributed by atoms with E-state index in [1.165, 1.54) is 5.56 Å². The smallest absolute Gasteiger partial charge is 0.236 e. The maximum atomic E-state index is 13.0. The number of carbonyl (C=O) groups is 2. The predicted octanol–water partition coefficient (Wildman–Crippen LogP) is 5.06. The molecule has 160 valence electrons. The van der Waals surface area contributed by atoms with Gasteiger partial charge in [-0.3, -0.25) is 9.59 Å². The number of carbonyl (C=O) groups excluding carboxylic acids is 2. The van der Waals surface area contributed by atoms with E-state index in [0.29, 0.717) is 36.9 Å². The molecule has 1 aliphatic heterocycles. The second kappa shape index (κ2) is 9.33. The van der Waals surface area contributed by atoms with E-state index in [4.69, 9.17) is 4.74 Å². The van der Waals surface area contributed by atoms with E-state index in [2.05, 4.69) is 31.3 Å². The standard InChI is InChI=1S/C25H32N2O3/c1-18(2)16-27-21-14-13-20(15-22(21)30-17-25(3,4)24(27)29)26-23(28)12-8-11-19-9-6-5-7-10-19/h5-7,9-10,13-15,18H,8,11-12,16-17H2,1-4H3,(H,26,28). The van der Waals surface area contributed by atoms with Crippen LogP contribution >= 0.6 is 0 Å². The van der Waals surface area contributed by atoms with Gasteiger partial charge in [-0.1, -0.05) is 44.2 Å². The van der Waals surface area contributed by atoms with Gasteiger partial charge in [0.15, 0.2) is 0 Å². The normalized spacial score (nSPS) is 15.4. The Labute approximate surface area is 179 Å². The highest BCUT2D eigenvalue weighted by atomic mass is 16.5. The molecule has 3 rings (SSSR count). The van der Waals surface area contributed by atoms with E-state index in [-0.39, 0.29) is 11.8 Å². The molecule has 30 heavy (non-hydrogen) atoms. The highest BCUT2D eigenvalue weighted by Gasteiger charge is 2.38. The average Bonchev–Trinajstić information content (AvgIpc) is 2.79. The lowest BCUT2D eigenvalue weighted by Gasteiger charge is -2.29. The molecule has 0 unspecified atom stereocenters. The van der Waals surface area contributed by atoms with Crippen molar-refractivity contribution >= 4 is 23.2 Å². The van der Waals surface area contributed by atoms with Crippen molar-refractivity contribution in [3.8, 4) is 5.75 Å². The van der Waals surface area contributed by atoms with Gasteiger partial charge in [-0.05, 0) is 50.3 Å². The van der Waals surface area contributed by atoms with E-state index < -0.39 is 5.41 Å². The van der Waals surface area contributed by atoms with Crippen molar-refractivity contribution in [2.24, 2.45) is 11.3 Å². The SMILES string of the molecule is CC(C)CN1C(=O)C(C)(C)COc2cc(NC(=O)CCCc3ccccc3)ccc21. The van der Waals surface area contributed by atoms with Gasteiger partial charge in [-0.2, -0.15) is 0 Å². The zero-order valence-corrected chi connectivity index (χ0v) is 18.4. The van der Waals surface area contributed by atoms with E-state index in [9.17, 15) is 9.59 Å². The van der Waals surface area contributed by atoms with Crippen molar-refractivity contribution in [2.75, 3.05) is 23.4 Å². The minimum absolute atomic E-state index is 0.0186. The topological polar surface area (TPSA) is 58.6 Å². The number of nitrogens with one attached hydrogen (secondary N) is 1. The summed E-state index contributed by atoms with van der Waals surface area (Å²) in [6.45, 7) is 8.94. The summed E-state index contributed by atoms with van der Waals surface area (Å²) in [5.74, 6) is 1.01. The lowest BCUT2D eigenvalue weighted by atomic mass is 9.92. The van der Waals surface area contributed by atoms with Gasteiger partial charge in [0.1, 0.15) is 12.4 Å². The van der Waals surface area contributed by atoms with E-state index in [0.717, 1.165) is 18.5 Å². The lowest BCUT2D eigenvalue weighted by molar-refractivity contribution is -0.127. The van der Waals surface area contributed by atoms with Gasteiger partial charge in [0.25, 0.3) is 0 Å². The van der Waals surface area contributed by atoms with Crippen LogP contribution in [-0.2, 0) is 16.0 Å². The van der Waals surface area contributed by atoms with Crippen LogP contribution in [0.5, 0.6) is 5.75 Å². The number of ether oxygens (including phenoxy) is 1. The minimum Gasteiger partial charge on any atom is -0.490 e. The fourth-order valence-electron chi connectivity index (χ4n) is 3.59. The first-order valence-corrected chi connectivity index (χ1v) is 10.7. The van der Waals surface area contributed by atoms with Gasteiger partial charge in [0.2, 0.25) is 11.8 Å². The van der Waals surface area contributed by atoms with Crippen molar-refractivity contribution in [2.45, 2.75) is 47.0 Å². The Balaban J connectivity index is 1.68. The molecule has 5 nitrogen and oxygen atoms in total. The second-order valence-corrected chi connectivity index (χ2v) is 9.05. The third-order valence-electron chi connectivity index (χ3n) is 5.21. The zero-order valence-electron chi connectivity index (χ0n) is 18.4. The molecule has 1 N–H and O–H groups in total. The first-order valence-electron chi connectivity index (χ1n) is 10.7. The number of hydrogen-bond acceptors (Lipinski definition) is 3. The minimum atomic E-state index is -0.602. The van der Waals surface area contributed by atoms with Gasteiger partial charge < -0.3 is 15.0 Å². The quantitative estimate of drug-likeness (QED) is 0.697. The van der Waals surface area contributed by atoms with Gasteiger partial charge >= 0.3 is 0 Å². The highest BCUT2D eigenvalue weighted by molar-refractivity contribution is 6.00. The summed E-state index contributed by atoms with van der Waals surface area (Å²) in [6, 6.07) is 15.7. The van der Waals surface area contributed by atoms with Crippen LogP contribution in [-0.4, -0.2) is 25.0 Å². The molecule has 0 saturated carbocycles. The number of benzene rings is 2. The van der Waals surface area contributed by atoms with Gasteiger partial charge in [-0.25, -0.2) is 0 Å². The molecule has 5 heteroatoms. The van der Waals surface area contributed by atoms with Crippen LogP contribution in [0.2, 0.25) is 0 Å². The van der Waals surface area contributed by atoms with Crippen LogP contribution in [0.15, 0.2) is 48.5 Å². The number of nitrogens with zero attached hydrogens (tertiary/aromatic N) is 1. The third-order valence-corrected chi connectivity index (χ3v) is 5.21. The Bertz CT molecular complexity index is 891. The largest absolute Gasteiger partial charge is 0.490 e. The average molecular weight is 409 g/mol. The van der Waals surface area contributed by atoms with E-state index in [1.807, 2.05) is 55.1 Å². The number of aryl methyl sites for hydroxylation is 1. The molecular weight excluding hydrogens is 376 g/mol. The van der Waals surface area contributed by atoms with Crippen molar-refractivity contribution < 1.29 is 14.3 Å². The lowest BCUT2D eigenvalue weighted by Crippen LogP contribution is -2.43. The molecule has 2 aromatic rings. The van der Waals surface area contributed by atoms with E-state index >= 15 is 0 Å². The van der Waals surface area contributed by atoms with Gasteiger partial charge in [0.05, 0.1) is 11.1 Å². The van der Waals surface area contributed by atoms with Crippen molar-refractivity contribution in [1.29, 1.82) is 0 Å². The van der Waals surface area contributed by atoms with Crippen LogP contribution in [0.1, 0.15) is 46.1 Å². The van der Waals surface area contributed by atoms with Crippen molar-refractivity contribution in [3.63, 3.8) is 0 Å². The summed E-state index contributed by atoms with van der Waals surface area (Å²) >= 11 is 0. The molecule has 0 aliphatic carbocycles. The second-order valence-electron chi connectivity index (χ2n) is 9.05. The number of hydrogen-bond donors (Lipinski definition) is 1. The van der Waals surface area contributed by atoms with Crippen LogP contribution in [0.3, 0.4) is 0 Å². The molecule has 0 aromatic heterocycles. The molecule has 2 aromatic carbocycles. The molecule has 1 aliphatic rings. The Hall–Kier alpha value is -2.82. The van der Waals surface area contributed by atoms with E-state index in [1.54, 1.807) is 0 Å². The third kappa shape index (κ3) is 5.41. The Kier molecular flexibility index (Phi) is 6.80. The van der Waals surface area contributed by atoms with Crippen molar-refractivity contribution in [1.82, 2.24) is 0 Å². The fraction of sp³-hybridized carbons (Fsp3) is 0.440. The van der Waals surface area contributed by atoms with Gasteiger partial charge in [0, 0.05) is 24.7 Å². The first kappa shape index (κ1) is 21.9. The molecule has 0 bridgehead atoms. The van der Waals surface area contributed by atoms with Crippen LogP contribution in [0, 0.1) is 11.3 Å². The molecule has 0 fully saturated rings. The fourth-order valence-corrected chi connectivity index (χ4v) is 3.59. The summed E-state index contributed by atoms with van der Waals surface area (Å²) < 4.78 is 5.99. The molecule has 0 atom stereocenters. The number of anilines is 2. The molecule has 2 amide bonds. The summed E-state index contributed by atoms with van der Waals surface area (Å²) in [5, 5.41) is 2.96. The van der Waals surface area contributed by atoms with Crippen LogP contribution in [0.25, 0.3) is 0 Å². The molecule has 1 heterocycles. The molecule has 0 saturated heterocycles. The molecule has 0 radical (unpaired) electrons. The summed E-state index contributed by atoms with van der Waals surface area (Å²) in [6.07, 6.45) is 2.13. The predicted molar refractivity (Wildman–Crippen MR) is 121 cm³/mol. The number of fused-ring (bicyclic) bond motifs is 1. The highest BCUT2D eigenvalue weighted by Crippen LogP contribution is 2.38. The Morgan fingerprint density at radius 2 is 1.90 bits per heavy atom. The Morgan fingerprint density at radius 3 is 2.60 bits per heavy atom. The number of amides is 2. The van der Waals surface area contributed by atoms with Crippen LogP contribution in [0.4, 0.5) is 11.4 Å². The first-order chi connectivity index (χ1) is 14.3. The zero-order chi connectivity index (χ0) is 21.7. The van der Waals surface area contributed by atoms with Crippen LogP contribution < -0.4 is 15.0 Å². The Morgan fingerprint density at radius 1 is 1.17 bits per heavy atom. The van der Waals surface area contributed by atoms with Gasteiger partial charge in [-0.15, -0.1) is 0 Å². The maximum Gasteiger partial charge on any atom is 0.236 e. The summed E-state index contributed by atoms with van der Waals surface area (Å²) in [7, 11) is 0. The molecule has 0 spiro atoms. The number of rotatable bonds is 7. The molecular formula is C25H32N2O3. The maximum absolute atomic E-state index is 13.0. The monoisotopic (exact) mass is 408 g/mol. The summed E-state index contributed by atoms with van der Waals surface area (Å²) in [4.78, 5) is 27.2. The summed E-state index contributed by atoms with van der Waals surface area (Å²) in [5.41, 5.74) is 2.09.